The molecule has 1 aromatic heterocycles. The van der Waals surface area contributed by atoms with E-state index >= 15 is 0 Å². The van der Waals surface area contributed by atoms with Crippen LogP contribution in [0.15, 0.2) is 34.4 Å². The first kappa shape index (κ1) is 16.4. The summed E-state index contributed by atoms with van der Waals surface area (Å²) in [5.41, 5.74) is 1.15. The molecule has 2 rings (SSSR count). The standard InChI is InChI=1S/C15H17Cl2N3S/c1-3-5-11-14(18-4-2)19-9-20-15(11)21-10-6-7-12(16)13(17)8-10/h6-9H,3-5H2,1-2H3,(H,18,19,20). The largest absolute Gasteiger partial charge is 0.370 e. The number of anilines is 1. The first-order valence-electron chi connectivity index (χ1n) is 6.86. The van der Waals surface area contributed by atoms with Crippen LogP contribution in [0, 0.1) is 0 Å². The third-order valence-corrected chi connectivity index (χ3v) is 4.63. The maximum Gasteiger partial charge on any atom is 0.133 e. The molecule has 0 bridgehead atoms. The molecular formula is C15H17Cl2N3S. The molecule has 112 valence electrons. The lowest BCUT2D eigenvalue weighted by Gasteiger charge is -2.12. The number of hydrogen-bond acceptors (Lipinski definition) is 4. The molecule has 21 heavy (non-hydrogen) atoms. The summed E-state index contributed by atoms with van der Waals surface area (Å²) in [6.07, 6.45) is 3.57. The molecule has 0 fully saturated rings. The summed E-state index contributed by atoms with van der Waals surface area (Å²) in [5, 5.41) is 5.37. The third-order valence-electron chi connectivity index (χ3n) is 2.86. The van der Waals surface area contributed by atoms with Crippen LogP contribution < -0.4 is 5.32 Å². The molecular weight excluding hydrogens is 325 g/mol. The lowest BCUT2D eigenvalue weighted by atomic mass is 10.2. The summed E-state index contributed by atoms with van der Waals surface area (Å²) in [5.74, 6) is 0.914. The second-order valence-electron chi connectivity index (χ2n) is 4.46. The first-order chi connectivity index (χ1) is 10.2. The highest BCUT2D eigenvalue weighted by atomic mass is 35.5. The minimum Gasteiger partial charge on any atom is -0.370 e. The zero-order valence-corrected chi connectivity index (χ0v) is 14.3. The second-order valence-corrected chi connectivity index (χ2v) is 6.34. The molecule has 0 aliphatic heterocycles. The second kappa shape index (κ2) is 7.87. The summed E-state index contributed by atoms with van der Waals surface area (Å²) < 4.78 is 0. The van der Waals surface area contributed by atoms with E-state index in [-0.39, 0.29) is 0 Å². The topological polar surface area (TPSA) is 37.8 Å². The van der Waals surface area contributed by atoms with E-state index in [9.17, 15) is 0 Å². The van der Waals surface area contributed by atoms with Gasteiger partial charge in [-0.3, -0.25) is 0 Å². The molecule has 0 aliphatic carbocycles. The Balaban J connectivity index is 2.33. The van der Waals surface area contributed by atoms with Gasteiger partial charge in [0.1, 0.15) is 17.2 Å². The van der Waals surface area contributed by atoms with Gasteiger partial charge in [0.15, 0.2) is 0 Å². The molecule has 2 aromatic rings. The van der Waals surface area contributed by atoms with E-state index in [1.807, 2.05) is 12.1 Å². The van der Waals surface area contributed by atoms with Crippen molar-refractivity contribution >= 4 is 40.8 Å². The maximum atomic E-state index is 6.07. The lowest BCUT2D eigenvalue weighted by molar-refractivity contribution is 0.855. The van der Waals surface area contributed by atoms with E-state index in [0.29, 0.717) is 10.0 Å². The Labute approximate surface area is 139 Å². The van der Waals surface area contributed by atoms with Crippen molar-refractivity contribution in [2.45, 2.75) is 36.6 Å². The molecule has 0 atom stereocenters. The summed E-state index contributed by atoms with van der Waals surface area (Å²) in [6.45, 7) is 5.05. The predicted octanol–water partition coefficient (Wildman–Crippen LogP) is 5.32. The Bertz CT molecular complexity index is 620. The molecule has 0 radical (unpaired) electrons. The van der Waals surface area contributed by atoms with Crippen LogP contribution in [0.2, 0.25) is 10.0 Å². The van der Waals surface area contributed by atoms with Crippen LogP contribution in [-0.2, 0) is 6.42 Å². The van der Waals surface area contributed by atoms with Crippen molar-refractivity contribution in [2.24, 2.45) is 0 Å². The number of benzene rings is 1. The van der Waals surface area contributed by atoms with Gasteiger partial charge in [-0.25, -0.2) is 9.97 Å². The monoisotopic (exact) mass is 341 g/mol. The molecule has 3 nitrogen and oxygen atoms in total. The SMILES string of the molecule is CCCc1c(NCC)ncnc1Sc1ccc(Cl)c(Cl)c1. The van der Waals surface area contributed by atoms with Gasteiger partial charge >= 0.3 is 0 Å². The number of aromatic nitrogens is 2. The molecule has 1 aromatic carbocycles. The molecule has 0 spiro atoms. The zero-order valence-electron chi connectivity index (χ0n) is 12.0. The van der Waals surface area contributed by atoms with Crippen molar-refractivity contribution in [3.63, 3.8) is 0 Å². The lowest BCUT2D eigenvalue weighted by Crippen LogP contribution is -2.05. The van der Waals surface area contributed by atoms with Crippen molar-refractivity contribution in [3.05, 3.63) is 40.1 Å². The van der Waals surface area contributed by atoms with Gasteiger partial charge in [-0.1, -0.05) is 48.3 Å². The van der Waals surface area contributed by atoms with Crippen molar-refractivity contribution < 1.29 is 0 Å². The van der Waals surface area contributed by atoms with Crippen LogP contribution in [0.3, 0.4) is 0 Å². The Kier molecular flexibility index (Phi) is 6.15. The zero-order chi connectivity index (χ0) is 15.2. The smallest absolute Gasteiger partial charge is 0.133 e. The third kappa shape index (κ3) is 4.25. The van der Waals surface area contributed by atoms with Gasteiger partial charge in [-0.05, 0) is 31.5 Å². The minimum absolute atomic E-state index is 0.555. The highest BCUT2D eigenvalue weighted by Gasteiger charge is 2.12. The van der Waals surface area contributed by atoms with Crippen molar-refractivity contribution in [3.8, 4) is 0 Å². The van der Waals surface area contributed by atoms with Gasteiger partial charge in [0, 0.05) is 17.0 Å². The van der Waals surface area contributed by atoms with Crippen molar-refractivity contribution in [2.75, 3.05) is 11.9 Å². The summed E-state index contributed by atoms with van der Waals surface area (Å²) in [6, 6.07) is 5.61. The van der Waals surface area contributed by atoms with Crippen LogP contribution in [0.4, 0.5) is 5.82 Å². The Morgan fingerprint density at radius 2 is 1.95 bits per heavy atom. The minimum atomic E-state index is 0.555. The van der Waals surface area contributed by atoms with Gasteiger partial charge in [-0.2, -0.15) is 0 Å². The van der Waals surface area contributed by atoms with Crippen LogP contribution in [0.5, 0.6) is 0 Å². The highest BCUT2D eigenvalue weighted by Crippen LogP contribution is 2.35. The van der Waals surface area contributed by atoms with Gasteiger partial charge in [0.05, 0.1) is 10.0 Å². The summed E-state index contributed by atoms with van der Waals surface area (Å²) in [7, 11) is 0. The average molecular weight is 342 g/mol. The summed E-state index contributed by atoms with van der Waals surface area (Å²) in [4.78, 5) is 9.78. The molecule has 0 saturated heterocycles. The van der Waals surface area contributed by atoms with Crippen LogP contribution in [-0.4, -0.2) is 16.5 Å². The number of hydrogen-bond donors (Lipinski definition) is 1. The fourth-order valence-electron chi connectivity index (χ4n) is 1.93. The number of nitrogens with zero attached hydrogens (tertiary/aromatic N) is 2. The quantitative estimate of drug-likeness (QED) is 0.721. The Morgan fingerprint density at radius 1 is 1.14 bits per heavy atom. The number of halogens is 2. The molecule has 0 amide bonds. The predicted molar refractivity (Wildman–Crippen MR) is 90.8 cm³/mol. The van der Waals surface area contributed by atoms with Gasteiger partial charge in [0.2, 0.25) is 0 Å². The molecule has 0 aliphatic rings. The van der Waals surface area contributed by atoms with Gasteiger partial charge in [-0.15, -0.1) is 0 Å². The number of nitrogens with one attached hydrogen (secondary N) is 1. The van der Waals surface area contributed by atoms with Crippen LogP contribution in [0.25, 0.3) is 0 Å². The van der Waals surface area contributed by atoms with Crippen LogP contribution >= 0.6 is 35.0 Å². The molecule has 1 heterocycles. The molecule has 6 heteroatoms. The fourth-order valence-corrected chi connectivity index (χ4v) is 3.25. The van der Waals surface area contributed by atoms with E-state index < -0.39 is 0 Å². The maximum absolute atomic E-state index is 6.07. The van der Waals surface area contributed by atoms with Gasteiger partial charge in [0.25, 0.3) is 0 Å². The molecule has 0 saturated carbocycles. The number of rotatable bonds is 6. The van der Waals surface area contributed by atoms with E-state index in [0.717, 1.165) is 40.7 Å². The normalized spacial score (nSPS) is 10.7. The van der Waals surface area contributed by atoms with E-state index in [1.54, 1.807) is 24.2 Å². The summed E-state index contributed by atoms with van der Waals surface area (Å²) >= 11 is 13.6. The van der Waals surface area contributed by atoms with E-state index in [1.165, 1.54) is 0 Å². The van der Waals surface area contributed by atoms with E-state index in [4.69, 9.17) is 23.2 Å². The van der Waals surface area contributed by atoms with Crippen LogP contribution in [0.1, 0.15) is 25.8 Å². The average Bonchev–Trinajstić information content (AvgIpc) is 2.46. The molecule has 1 N–H and O–H groups in total. The highest BCUT2D eigenvalue weighted by molar-refractivity contribution is 7.99. The van der Waals surface area contributed by atoms with Crippen molar-refractivity contribution in [1.29, 1.82) is 0 Å². The van der Waals surface area contributed by atoms with Crippen molar-refractivity contribution in [1.82, 2.24) is 9.97 Å². The fraction of sp³-hybridized carbons (Fsp3) is 0.333. The Morgan fingerprint density at radius 3 is 2.62 bits per heavy atom. The van der Waals surface area contributed by atoms with Gasteiger partial charge < -0.3 is 5.32 Å². The van der Waals surface area contributed by atoms with E-state index in [2.05, 4.69) is 29.1 Å². The molecule has 0 unspecified atom stereocenters. The Hall–Kier alpha value is -0.970. The first-order valence-corrected chi connectivity index (χ1v) is 8.43.